The van der Waals surface area contributed by atoms with Gasteiger partial charge in [-0.15, -0.1) is 0 Å². The summed E-state index contributed by atoms with van der Waals surface area (Å²) in [6.07, 6.45) is 0.996. The maximum atomic E-state index is 12.2. The Hall–Kier alpha value is -2.77. The first-order valence-electron chi connectivity index (χ1n) is 9.02. The number of ether oxygens (including phenoxy) is 1. The van der Waals surface area contributed by atoms with Crippen molar-refractivity contribution in [3.8, 4) is 0 Å². The van der Waals surface area contributed by atoms with Gasteiger partial charge in [-0.2, -0.15) is 0 Å². The molecule has 2 rings (SSSR count). The van der Waals surface area contributed by atoms with Crippen LogP contribution in [0.4, 0.5) is 5.69 Å². The standard InChI is InChI=1S/C21H25N3O3S/c1-15-7-3-4-8-16(15)14-19(25)24-21(28)23-18-10-5-9-17(13-18)20(26)22-11-6-12-27-2/h3-5,7-10,13H,6,11-12,14H2,1-2H3,(H,22,26)(H2,23,24,25,28). The lowest BCUT2D eigenvalue weighted by Crippen LogP contribution is -2.35. The van der Waals surface area contributed by atoms with Crippen LogP contribution in [0.1, 0.15) is 27.9 Å². The van der Waals surface area contributed by atoms with Crippen LogP contribution in [-0.4, -0.2) is 37.2 Å². The van der Waals surface area contributed by atoms with Crippen molar-refractivity contribution in [1.82, 2.24) is 10.6 Å². The van der Waals surface area contributed by atoms with Crippen molar-refractivity contribution in [3.05, 3.63) is 65.2 Å². The number of hydrogen-bond acceptors (Lipinski definition) is 4. The molecule has 0 atom stereocenters. The number of carbonyl (C=O) groups is 2. The Balaban J connectivity index is 1.87. The minimum absolute atomic E-state index is 0.172. The van der Waals surface area contributed by atoms with E-state index in [-0.39, 0.29) is 23.3 Å². The van der Waals surface area contributed by atoms with Gasteiger partial charge in [0.15, 0.2) is 5.11 Å². The quantitative estimate of drug-likeness (QED) is 0.470. The van der Waals surface area contributed by atoms with Crippen LogP contribution in [0.25, 0.3) is 0 Å². The highest BCUT2D eigenvalue weighted by atomic mass is 32.1. The van der Waals surface area contributed by atoms with Gasteiger partial charge in [0.25, 0.3) is 5.91 Å². The molecule has 0 saturated heterocycles. The zero-order valence-electron chi connectivity index (χ0n) is 16.1. The van der Waals surface area contributed by atoms with Gasteiger partial charge in [-0.05, 0) is 54.9 Å². The molecular weight excluding hydrogens is 374 g/mol. The lowest BCUT2D eigenvalue weighted by molar-refractivity contribution is -0.119. The van der Waals surface area contributed by atoms with Crippen molar-refractivity contribution in [3.63, 3.8) is 0 Å². The van der Waals surface area contributed by atoms with E-state index in [0.29, 0.717) is 24.4 Å². The maximum absolute atomic E-state index is 12.2. The molecule has 0 saturated carbocycles. The summed E-state index contributed by atoms with van der Waals surface area (Å²) in [5.74, 6) is -0.367. The van der Waals surface area contributed by atoms with E-state index < -0.39 is 0 Å². The van der Waals surface area contributed by atoms with Crippen LogP contribution in [0, 0.1) is 6.92 Å². The topological polar surface area (TPSA) is 79.5 Å². The minimum Gasteiger partial charge on any atom is -0.385 e. The van der Waals surface area contributed by atoms with E-state index in [2.05, 4.69) is 16.0 Å². The highest BCUT2D eigenvalue weighted by Gasteiger charge is 2.09. The number of thiocarbonyl (C=S) groups is 1. The summed E-state index contributed by atoms with van der Waals surface area (Å²) in [5.41, 5.74) is 3.15. The average molecular weight is 400 g/mol. The SMILES string of the molecule is COCCCNC(=O)c1cccc(NC(=S)NC(=O)Cc2ccccc2C)c1. The Bertz CT molecular complexity index is 839. The maximum Gasteiger partial charge on any atom is 0.251 e. The monoisotopic (exact) mass is 399 g/mol. The van der Waals surface area contributed by atoms with Gasteiger partial charge in [0.1, 0.15) is 0 Å². The van der Waals surface area contributed by atoms with Gasteiger partial charge >= 0.3 is 0 Å². The zero-order chi connectivity index (χ0) is 20.4. The van der Waals surface area contributed by atoms with Crippen LogP contribution in [0.2, 0.25) is 0 Å². The van der Waals surface area contributed by atoms with E-state index in [1.165, 1.54) is 0 Å². The number of nitrogens with one attached hydrogen (secondary N) is 3. The molecule has 148 valence electrons. The van der Waals surface area contributed by atoms with Crippen molar-refractivity contribution < 1.29 is 14.3 Å². The van der Waals surface area contributed by atoms with Crippen molar-refractivity contribution >= 4 is 34.8 Å². The van der Waals surface area contributed by atoms with Crippen LogP contribution in [0.3, 0.4) is 0 Å². The predicted molar refractivity (Wildman–Crippen MR) is 115 cm³/mol. The van der Waals surface area contributed by atoms with E-state index in [9.17, 15) is 9.59 Å². The van der Waals surface area contributed by atoms with E-state index in [1.54, 1.807) is 31.4 Å². The van der Waals surface area contributed by atoms with Gasteiger partial charge in [-0.3, -0.25) is 9.59 Å². The third kappa shape index (κ3) is 7.09. The number of methoxy groups -OCH3 is 1. The summed E-state index contributed by atoms with van der Waals surface area (Å²) in [5, 5.41) is 8.63. The Morgan fingerprint density at radius 2 is 1.89 bits per heavy atom. The van der Waals surface area contributed by atoms with Crippen molar-refractivity contribution in [2.75, 3.05) is 25.6 Å². The number of aryl methyl sites for hydroxylation is 1. The molecule has 0 bridgehead atoms. The Kier molecular flexibility index (Phi) is 8.58. The molecular formula is C21H25N3O3S. The molecule has 2 aromatic carbocycles. The number of amides is 2. The summed E-state index contributed by atoms with van der Waals surface area (Å²) < 4.78 is 4.96. The number of hydrogen-bond donors (Lipinski definition) is 3. The normalized spacial score (nSPS) is 10.2. The van der Waals surface area contributed by atoms with Gasteiger partial charge in [-0.1, -0.05) is 30.3 Å². The Morgan fingerprint density at radius 1 is 1.11 bits per heavy atom. The number of rotatable bonds is 8. The van der Waals surface area contributed by atoms with Crippen LogP contribution >= 0.6 is 12.2 Å². The molecule has 0 unspecified atom stereocenters. The smallest absolute Gasteiger partial charge is 0.251 e. The number of carbonyl (C=O) groups excluding carboxylic acids is 2. The summed E-state index contributed by atoms with van der Waals surface area (Å²) in [4.78, 5) is 24.4. The zero-order valence-corrected chi connectivity index (χ0v) is 16.9. The summed E-state index contributed by atoms with van der Waals surface area (Å²) in [6, 6.07) is 14.7. The van der Waals surface area contributed by atoms with Crippen molar-refractivity contribution in [1.29, 1.82) is 0 Å². The highest BCUT2D eigenvalue weighted by Crippen LogP contribution is 2.11. The number of benzene rings is 2. The average Bonchev–Trinajstić information content (AvgIpc) is 2.67. The van der Waals surface area contributed by atoms with Crippen molar-refractivity contribution in [2.24, 2.45) is 0 Å². The van der Waals surface area contributed by atoms with E-state index in [4.69, 9.17) is 17.0 Å². The number of anilines is 1. The predicted octanol–water partition coefficient (Wildman–Crippen LogP) is 2.82. The minimum atomic E-state index is -0.196. The lowest BCUT2D eigenvalue weighted by Gasteiger charge is -2.11. The van der Waals surface area contributed by atoms with Crippen molar-refractivity contribution in [2.45, 2.75) is 19.8 Å². The molecule has 7 heteroatoms. The summed E-state index contributed by atoms with van der Waals surface area (Å²) in [7, 11) is 1.62. The fourth-order valence-corrected chi connectivity index (χ4v) is 2.80. The second-order valence-corrected chi connectivity index (χ2v) is 6.70. The Morgan fingerprint density at radius 3 is 2.64 bits per heavy atom. The van der Waals surface area contributed by atoms with Crippen LogP contribution < -0.4 is 16.0 Å². The second-order valence-electron chi connectivity index (χ2n) is 6.29. The third-order valence-electron chi connectivity index (χ3n) is 4.06. The molecule has 0 heterocycles. The summed E-state index contributed by atoms with van der Waals surface area (Å²) in [6.45, 7) is 3.10. The first kappa shape index (κ1) is 21.5. The molecule has 0 radical (unpaired) electrons. The fourth-order valence-electron chi connectivity index (χ4n) is 2.57. The molecule has 0 aliphatic carbocycles. The van der Waals surface area contributed by atoms with Gasteiger partial charge in [0, 0.05) is 31.5 Å². The van der Waals surface area contributed by atoms with Crippen LogP contribution in [0.15, 0.2) is 48.5 Å². The first-order valence-corrected chi connectivity index (χ1v) is 9.43. The molecule has 2 amide bonds. The second kappa shape index (κ2) is 11.2. The molecule has 0 spiro atoms. The molecule has 6 nitrogen and oxygen atoms in total. The van der Waals surface area contributed by atoms with Gasteiger partial charge in [0.05, 0.1) is 6.42 Å². The third-order valence-corrected chi connectivity index (χ3v) is 4.26. The molecule has 0 aliphatic rings. The van der Waals surface area contributed by atoms with Gasteiger partial charge in [-0.25, -0.2) is 0 Å². The molecule has 2 aromatic rings. The van der Waals surface area contributed by atoms with E-state index in [1.807, 2.05) is 31.2 Å². The largest absolute Gasteiger partial charge is 0.385 e. The molecule has 3 N–H and O–H groups in total. The molecule has 0 fully saturated rings. The fraction of sp³-hybridized carbons (Fsp3) is 0.286. The lowest BCUT2D eigenvalue weighted by atomic mass is 10.1. The highest BCUT2D eigenvalue weighted by molar-refractivity contribution is 7.80. The first-order chi connectivity index (χ1) is 13.5. The van der Waals surface area contributed by atoms with Crippen LogP contribution in [-0.2, 0) is 16.0 Å². The molecule has 0 aliphatic heterocycles. The Labute approximate surface area is 170 Å². The molecule has 0 aromatic heterocycles. The van der Waals surface area contributed by atoms with Gasteiger partial charge < -0.3 is 20.7 Å². The molecule has 28 heavy (non-hydrogen) atoms. The van der Waals surface area contributed by atoms with Gasteiger partial charge in [0.2, 0.25) is 5.91 Å². The van der Waals surface area contributed by atoms with E-state index >= 15 is 0 Å². The van der Waals surface area contributed by atoms with E-state index in [0.717, 1.165) is 17.5 Å². The summed E-state index contributed by atoms with van der Waals surface area (Å²) >= 11 is 5.21. The van der Waals surface area contributed by atoms with Crippen LogP contribution in [0.5, 0.6) is 0 Å².